The molecule has 27 heavy (non-hydrogen) atoms. The van der Waals surface area contributed by atoms with E-state index in [4.69, 9.17) is 23.0 Å². The van der Waals surface area contributed by atoms with E-state index in [0.29, 0.717) is 65.1 Å². The third-order valence-electron chi connectivity index (χ3n) is 3.76. The zero-order valence-corrected chi connectivity index (χ0v) is 19.5. The van der Waals surface area contributed by atoms with Crippen LogP contribution in [-0.2, 0) is 32.2 Å². The maximum Gasteiger partial charge on any atom is 0.331 e. The highest BCUT2D eigenvalue weighted by Gasteiger charge is 2.25. The first-order valence-electron chi connectivity index (χ1n) is 9.70. The molecule has 0 aliphatic heterocycles. The van der Waals surface area contributed by atoms with Crippen LogP contribution in [0.5, 0.6) is 0 Å². The largest absolute Gasteiger partial charge is 0.382 e. The molecule has 0 aromatic rings. The lowest BCUT2D eigenvalue weighted by molar-refractivity contribution is 0.0656. The molecule has 0 fully saturated rings. The van der Waals surface area contributed by atoms with Crippen molar-refractivity contribution >= 4 is 15.0 Å². The van der Waals surface area contributed by atoms with Crippen LogP contribution in [0.1, 0.15) is 27.2 Å². The second kappa shape index (κ2) is 16.1. The number of methoxy groups -OCH3 is 1. The summed E-state index contributed by atoms with van der Waals surface area (Å²) in [5.41, 5.74) is 0. The first-order chi connectivity index (χ1) is 12.8. The lowest BCUT2D eigenvalue weighted by atomic mass is 10.4. The molecule has 1 atom stereocenters. The van der Waals surface area contributed by atoms with Crippen LogP contribution in [0, 0.1) is 0 Å². The summed E-state index contributed by atoms with van der Waals surface area (Å²) in [6.45, 7) is 11.9. The van der Waals surface area contributed by atoms with Gasteiger partial charge in [-0.1, -0.05) is 0 Å². The fourth-order valence-corrected chi connectivity index (χ4v) is 5.42. The molecule has 0 aliphatic rings. The molecule has 0 amide bonds. The highest BCUT2D eigenvalue weighted by Crippen LogP contribution is 2.48. The molecule has 0 aromatic heterocycles. The van der Waals surface area contributed by atoms with Gasteiger partial charge in [-0.15, -0.1) is 0 Å². The fraction of sp³-hybridized carbons (Fsp3) is 1.00. The van der Waals surface area contributed by atoms with Gasteiger partial charge in [0.2, 0.25) is 7.37 Å². The van der Waals surface area contributed by atoms with Crippen molar-refractivity contribution in [3.8, 4) is 0 Å². The first kappa shape index (κ1) is 27.2. The van der Waals surface area contributed by atoms with Crippen molar-refractivity contribution in [1.82, 2.24) is 4.90 Å². The fourth-order valence-electron chi connectivity index (χ4n) is 2.45. The first-order valence-corrected chi connectivity index (χ1v) is 13.7. The van der Waals surface area contributed by atoms with E-state index in [1.165, 1.54) is 0 Å². The Hall–Kier alpha value is 0.220. The zero-order valence-electron chi connectivity index (χ0n) is 17.7. The molecule has 0 bridgehead atoms. The third kappa shape index (κ3) is 14.8. The number of rotatable bonds is 19. The molecular formula is C17H39NO7P2. The van der Waals surface area contributed by atoms with Crippen LogP contribution in [0.3, 0.4) is 0 Å². The molecule has 0 N–H and O–H groups in total. The average Bonchev–Trinajstić information content (AvgIpc) is 2.60. The molecule has 10 heteroatoms. The lowest BCUT2D eigenvalue weighted by Crippen LogP contribution is -2.32. The van der Waals surface area contributed by atoms with Gasteiger partial charge in [-0.25, -0.2) is 0 Å². The van der Waals surface area contributed by atoms with Crippen LogP contribution >= 0.6 is 15.0 Å². The SMILES string of the molecule is CCOP(C)(=O)CCN(CCCOCCOC)CCP(=O)(OCC)OCC. The van der Waals surface area contributed by atoms with Gasteiger partial charge in [0.15, 0.2) is 0 Å². The summed E-state index contributed by atoms with van der Waals surface area (Å²) in [6, 6.07) is 0. The van der Waals surface area contributed by atoms with Crippen molar-refractivity contribution in [3.63, 3.8) is 0 Å². The lowest BCUT2D eigenvalue weighted by Gasteiger charge is -2.26. The van der Waals surface area contributed by atoms with E-state index in [2.05, 4.69) is 4.90 Å². The molecule has 164 valence electrons. The van der Waals surface area contributed by atoms with E-state index in [1.807, 2.05) is 6.92 Å². The van der Waals surface area contributed by atoms with Gasteiger partial charge in [0, 0.05) is 46.2 Å². The minimum atomic E-state index is -3.09. The molecular weight excluding hydrogens is 392 g/mol. The average molecular weight is 431 g/mol. The van der Waals surface area contributed by atoms with Gasteiger partial charge in [0.1, 0.15) is 0 Å². The highest BCUT2D eigenvalue weighted by atomic mass is 31.2. The summed E-state index contributed by atoms with van der Waals surface area (Å²) in [6.07, 6.45) is 1.58. The second-order valence-electron chi connectivity index (χ2n) is 6.13. The quantitative estimate of drug-likeness (QED) is 0.227. The van der Waals surface area contributed by atoms with E-state index in [1.54, 1.807) is 27.6 Å². The predicted octanol–water partition coefficient (Wildman–Crippen LogP) is 3.55. The Morgan fingerprint density at radius 2 is 1.37 bits per heavy atom. The smallest absolute Gasteiger partial charge is 0.331 e. The van der Waals surface area contributed by atoms with Crippen LogP contribution in [-0.4, -0.2) is 90.3 Å². The summed E-state index contributed by atoms with van der Waals surface area (Å²) in [5, 5.41) is 0. The predicted molar refractivity (Wildman–Crippen MR) is 110 cm³/mol. The van der Waals surface area contributed by atoms with Crippen LogP contribution in [0.2, 0.25) is 0 Å². The zero-order chi connectivity index (χ0) is 20.6. The van der Waals surface area contributed by atoms with E-state index >= 15 is 0 Å². The Morgan fingerprint density at radius 3 is 1.93 bits per heavy atom. The second-order valence-corrected chi connectivity index (χ2v) is 11.0. The highest BCUT2D eigenvalue weighted by molar-refractivity contribution is 7.58. The van der Waals surface area contributed by atoms with Gasteiger partial charge in [-0.05, 0) is 27.2 Å². The summed E-state index contributed by atoms with van der Waals surface area (Å²) in [4.78, 5) is 2.12. The molecule has 0 radical (unpaired) electrons. The van der Waals surface area contributed by atoms with Crippen molar-refractivity contribution in [2.75, 3.05) is 85.4 Å². The summed E-state index contributed by atoms with van der Waals surface area (Å²) in [5.74, 6) is 0. The Bertz CT molecular complexity index is 441. The van der Waals surface area contributed by atoms with Crippen LogP contribution in [0.25, 0.3) is 0 Å². The molecule has 1 unspecified atom stereocenters. The van der Waals surface area contributed by atoms with Crippen molar-refractivity contribution in [1.29, 1.82) is 0 Å². The van der Waals surface area contributed by atoms with Crippen LogP contribution < -0.4 is 0 Å². The minimum absolute atomic E-state index is 0.307. The number of ether oxygens (including phenoxy) is 2. The number of nitrogens with zero attached hydrogens (tertiary/aromatic N) is 1. The van der Waals surface area contributed by atoms with Crippen molar-refractivity contribution < 1.29 is 32.2 Å². The summed E-state index contributed by atoms with van der Waals surface area (Å²) >= 11 is 0. The van der Waals surface area contributed by atoms with Crippen LogP contribution in [0.15, 0.2) is 0 Å². The third-order valence-corrected chi connectivity index (χ3v) is 7.63. The summed E-state index contributed by atoms with van der Waals surface area (Å²) in [7, 11) is -4.06. The van der Waals surface area contributed by atoms with Gasteiger partial charge in [-0.3, -0.25) is 9.13 Å². The van der Waals surface area contributed by atoms with Gasteiger partial charge >= 0.3 is 7.60 Å². The molecule has 0 saturated heterocycles. The standard InChI is InChI=1S/C17H39NO7P2/c1-6-23-26(5,19)16-11-18(10-9-13-22-15-14-21-4)12-17-27(20,24-7-2)25-8-3/h6-17H2,1-5H3. The van der Waals surface area contributed by atoms with Gasteiger partial charge < -0.3 is 27.9 Å². The van der Waals surface area contributed by atoms with Crippen LogP contribution in [0.4, 0.5) is 0 Å². The van der Waals surface area contributed by atoms with Crippen molar-refractivity contribution in [3.05, 3.63) is 0 Å². The number of hydrogen-bond acceptors (Lipinski definition) is 8. The molecule has 8 nitrogen and oxygen atoms in total. The Morgan fingerprint density at radius 1 is 0.778 bits per heavy atom. The Labute approximate surface area is 165 Å². The molecule has 0 heterocycles. The minimum Gasteiger partial charge on any atom is -0.382 e. The van der Waals surface area contributed by atoms with Gasteiger partial charge in [-0.2, -0.15) is 0 Å². The molecule has 0 spiro atoms. The Balaban J connectivity index is 4.61. The Kier molecular flexibility index (Phi) is 16.2. The summed E-state index contributed by atoms with van der Waals surface area (Å²) < 4.78 is 51.6. The molecule has 0 aromatic carbocycles. The van der Waals surface area contributed by atoms with E-state index in [0.717, 1.165) is 13.0 Å². The van der Waals surface area contributed by atoms with E-state index in [-0.39, 0.29) is 0 Å². The molecule has 0 rings (SSSR count). The van der Waals surface area contributed by atoms with Crippen molar-refractivity contribution in [2.45, 2.75) is 27.2 Å². The maximum atomic E-state index is 12.7. The molecule has 0 saturated carbocycles. The normalized spacial score (nSPS) is 14.6. The maximum absolute atomic E-state index is 12.7. The van der Waals surface area contributed by atoms with Gasteiger partial charge in [0.25, 0.3) is 0 Å². The molecule has 0 aliphatic carbocycles. The van der Waals surface area contributed by atoms with Gasteiger partial charge in [0.05, 0.1) is 39.2 Å². The monoisotopic (exact) mass is 431 g/mol. The van der Waals surface area contributed by atoms with E-state index in [9.17, 15) is 9.13 Å². The number of hydrogen-bond donors (Lipinski definition) is 0. The van der Waals surface area contributed by atoms with Crippen molar-refractivity contribution in [2.24, 2.45) is 0 Å². The topological polar surface area (TPSA) is 83.5 Å². The van der Waals surface area contributed by atoms with E-state index < -0.39 is 15.0 Å².